The molecule has 2 aromatic heterocycles. The number of piperazine rings is 1. The lowest BCUT2D eigenvalue weighted by Crippen LogP contribution is -2.52. The van der Waals surface area contributed by atoms with Crippen LogP contribution in [0.15, 0.2) is 46.3 Å². The maximum atomic E-state index is 13.2. The van der Waals surface area contributed by atoms with Crippen LogP contribution in [0.2, 0.25) is 5.02 Å². The number of halogens is 1. The van der Waals surface area contributed by atoms with E-state index in [1.807, 2.05) is 40.6 Å². The van der Waals surface area contributed by atoms with Crippen LogP contribution < -0.4 is 4.90 Å². The summed E-state index contributed by atoms with van der Waals surface area (Å²) < 4.78 is 5.46. The predicted octanol–water partition coefficient (Wildman–Crippen LogP) is 4.01. The number of rotatable bonds is 5. The van der Waals surface area contributed by atoms with Crippen molar-refractivity contribution in [3.05, 3.63) is 52.7 Å². The molecule has 0 saturated carbocycles. The molecule has 9 heteroatoms. The zero-order valence-corrected chi connectivity index (χ0v) is 19.4. The van der Waals surface area contributed by atoms with E-state index >= 15 is 0 Å². The normalized spacial score (nSPS) is 20.0. The molecule has 1 amide bonds. The van der Waals surface area contributed by atoms with Gasteiger partial charge in [-0.1, -0.05) is 28.9 Å². The highest BCUT2D eigenvalue weighted by Crippen LogP contribution is 2.25. The molecule has 0 N–H and O–H groups in total. The first kappa shape index (κ1) is 21.4. The molecule has 168 valence electrons. The van der Waals surface area contributed by atoms with Crippen LogP contribution in [0.25, 0.3) is 10.7 Å². The van der Waals surface area contributed by atoms with Crippen molar-refractivity contribution in [2.24, 2.45) is 5.92 Å². The Morgan fingerprint density at radius 1 is 1.16 bits per heavy atom. The van der Waals surface area contributed by atoms with Gasteiger partial charge in [0.25, 0.3) is 0 Å². The fraction of sp³-hybridized carbons (Fsp3) is 0.435. The van der Waals surface area contributed by atoms with Crippen molar-refractivity contribution in [2.45, 2.75) is 19.4 Å². The van der Waals surface area contributed by atoms with Gasteiger partial charge >= 0.3 is 0 Å². The lowest BCUT2D eigenvalue weighted by Gasteiger charge is -2.39. The van der Waals surface area contributed by atoms with Crippen LogP contribution in [0.3, 0.4) is 0 Å². The molecule has 5 rings (SSSR count). The molecule has 0 spiro atoms. The van der Waals surface area contributed by atoms with Gasteiger partial charge < -0.3 is 14.3 Å². The van der Waals surface area contributed by atoms with Gasteiger partial charge in [0.15, 0.2) is 0 Å². The van der Waals surface area contributed by atoms with Crippen molar-refractivity contribution in [1.82, 2.24) is 19.9 Å². The van der Waals surface area contributed by atoms with Gasteiger partial charge in [-0.15, -0.1) is 11.3 Å². The quantitative estimate of drug-likeness (QED) is 0.560. The number of amides is 1. The lowest BCUT2D eigenvalue weighted by atomic mass is 9.96. The molecule has 3 aromatic rings. The minimum atomic E-state index is 0.0288. The molecule has 1 aromatic carbocycles. The Morgan fingerprint density at radius 3 is 2.81 bits per heavy atom. The van der Waals surface area contributed by atoms with Crippen molar-refractivity contribution < 1.29 is 9.32 Å². The molecule has 32 heavy (non-hydrogen) atoms. The first-order valence-electron chi connectivity index (χ1n) is 11.0. The number of anilines is 1. The molecule has 0 radical (unpaired) electrons. The molecule has 0 bridgehead atoms. The molecule has 4 heterocycles. The van der Waals surface area contributed by atoms with E-state index in [4.69, 9.17) is 16.1 Å². The van der Waals surface area contributed by atoms with E-state index in [1.165, 1.54) is 0 Å². The highest BCUT2D eigenvalue weighted by molar-refractivity contribution is 7.13. The van der Waals surface area contributed by atoms with Gasteiger partial charge in [0.2, 0.25) is 17.6 Å². The summed E-state index contributed by atoms with van der Waals surface area (Å²) in [5.41, 5.74) is 1.12. The number of carbonyl (C=O) groups excluding carboxylic acids is 1. The SMILES string of the molecule is O=C(C1CCCN(Cc2nc(-c3cccs3)no2)C1)N1CCN(c2cccc(Cl)c2)CC1. The van der Waals surface area contributed by atoms with E-state index in [0.717, 1.165) is 67.7 Å². The van der Waals surface area contributed by atoms with Crippen molar-refractivity contribution in [3.63, 3.8) is 0 Å². The summed E-state index contributed by atoms with van der Waals surface area (Å²) in [6, 6.07) is 11.9. The van der Waals surface area contributed by atoms with Crippen molar-refractivity contribution in [3.8, 4) is 10.7 Å². The molecule has 7 nitrogen and oxygen atoms in total. The third kappa shape index (κ3) is 4.82. The van der Waals surface area contributed by atoms with Crippen LogP contribution in [-0.2, 0) is 11.3 Å². The van der Waals surface area contributed by atoms with E-state index in [9.17, 15) is 4.79 Å². The topological polar surface area (TPSA) is 65.7 Å². The maximum Gasteiger partial charge on any atom is 0.241 e. The Kier molecular flexibility index (Phi) is 6.43. The molecule has 2 aliphatic rings. The number of carbonyl (C=O) groups is 1. The summed E-state index contributed by atoms with van der Waals surface area (Å²) in [4.78, 5) is 25.3. The minimum Gasteiger partial charge on any atom is -0.368 e. The van der Waals surface area contributed by atoms with E-state index in [1.54, 1.807) is 11.3 Å². The van der Waals surface area contributed by atoms with Crippen molar-refractivity contribution in [1.29, 1.82) is 0 Å². The average molecular weight is 472 g/mol. The first-order valence-corrected chi connectivity index (χ1v) is 12.3. The zero-order valence-electron chi connectivity index (χ0n) is 17.8. The molecule has 0 aliphatic carbocycles. The zero-order chi connectivity index (χ0) is 21.9. The summed E-state index contributed by atoms with van der Waals surface area (Å²) in [7, 11) is 0. The van der Waals surface area contributed by atoms with E-state index in [2.05, 4.69) is 26.0 Å². The smallest absolute Gasteiger partial charge is 0.241 e. The molecular formula is C23H26ClN5O2S. The summed E-state index contributed by atoms with van der Waals surface area (Å²) in [5.74, 6) is 1.54. The van der Waals surface area contributed by atoms with Gasteiger partial charge in [-0.3, -0.25) is 9.69 Å². The Balaban J connectivity index is 1.15. The number of benzene rings is 1. The predicted molar refractivity (Wildman–Crippen MR) is 126 cm³/mol. The Bertz CT molecular complexity index is 1050. The van der Waals surface area contributed by atoms with Crippen molar-refractivity contribution in [2.75, 3.05) is 44.2 Å². The standard InChI is InChI=1S/C23H26ClN5O2S/c24-18-5-1-6-19(14-18)28-9-11-29(12-10-28)23(30)17-4-2-8-27(15-17)16-21-25-22(26-31-21)20-7-3-13-32-20/h1,3,5-7,13-14,17H,2,4,8-12,15-16H2. The largest absolute Gasteiger partial charge is 0.368 e. The van der Waals surface area contributed by atoms with E-state index in [-0.39, 0.29) is 11.8 Å². The van der Waals surface area contributed by atoms with Gasteiger partial charge in [0.1, 0.15) is 0 Å². The average Bonchev–Trinajstić information content (AvgIpc) is 3.51. The van der Waals surface area contributed by atoms with Crippen LogP contribution in [0.5, 0.6) is 0 Å². The number of aromatic nitrogens is 2. The van der Waals surface area contributed by atoms with Gasteiger partial charge in [-0.05, 0) is 49.0 Å². The summed E-state index contributed by atoms with van der Waals surface area (Å²) in [5, 5.41) is 6.84. The van der Waals surface area contributed by atoms with Crippen LogP contribution in [0, 0.1) is 5.92 Å². The lowest BCUT2D eigenvalue weighted by molar-refractivity contribution is -0.137. The summed E-state index contributed by atoms with van der Waals surface area (Å²) in [6.45, 7) is 5.43. The Hall–Kier alpha value is -2.42. The molecule has 2 saturated heterocycles. The van der Waals surface area contributed by atoms with Crippen LogP contribution in [0.4, 0.5) is 5.69 Å². The molecular weight excluding hydrogens is 446 g/mol. The third-order valence-electron chi connectivity index (χ3n) is 6.19. The second kappa shape index (κ2) is 9.60. The number of thiophene rings is 1. The van der Waals surface area contributed by atoms with Crippen LogP contribution >= 0.6 is 22.9 Å². The maximum absolute atomic E-state index is 13.2. The number of piperidine rings is 1. The monoisotopic (exact) mass is 471 g/mol. The molecule has 1 unspecified atom stereocenters. The molecule has 2 fully saturated rings. The van der Waals surface area contributed by atoms with Crippen molar-refractivity contribution >= 4 is 34.5 Å². The second-order valence-corrected chi connectivity index (χ2v) is 9.74. The van der Waals surface area contributed by atoms with Crippen LogP contribution in [0.1, 0.15) is 18.7 Å². The minimum absolute atomic E-state index is 0.0288. The molecule has 1 atom stereocenters. The van der Waals surface area contributed by atoms with E-state index in [0.29, 0.717) is 18.3 Å². The highest BCUT2D eigenvalue weighted by Gasteiger charge is 2.31. The van der Waals surface area contributed by atoms with Gasteiger partial charge in [0, 0.05) is 43.4 Å². The van der Waals surface area contributed by atoms with Gasteiger partial charge in [-0.2, -0.15) is 4.98 Å². The molecule has 2 aliphatic heterocycles. The van der Waals surface area contributed by atoms with Gasteiger partial charge in [0.05, 0.1) is 17.3 Å². The fourth-order valence-electron chi connectivity index (χ4n) is 4.53. The fourth-order valence-corrected chi connectivity index (χ4v) is 5.37. The van der Waals surface area contributed by atoms with Gasteiger partial charge in [-0.25, -0.2) is 0 Å². The van der Waals surface area contributed by atoms with E-state index < -0.39 is 0 Å². The third-order valence-corrected chi connectivity index (χ3v) is 7.29. The van der Waals surface area contributed by atoms with Crippen LogP contribution in [-0.4, -0.2) is 65.1 Å². The Morgan fingerprint density at radius 2 is 2.03 bits per heavy atom. The Labute approximate surface area is 196 Å². The first-order chi connectivity index (χ1) is 15.7. The number of likely N-dealkylation sites (tertiary alicyclic amines) is 1. The highest BCUT2D eigenvalue weighted by atomic mass is 35.5. The number of hydrogen-bond donors (Lipinski definition) is 0. The number of hydrogen-bond acceptors (Lipinski definition) is 7. The summed E-state index contributed by atoms with van der Waals surface area (Å²) in [6.07, 6.45) is 1.94. The summed E-state index contributed by atoms with van der Waals surface area (Å²) >= 11 is 7.73. The number of nitrogens with zero attached hydrogens (tertiary/aromatic N) is 5. The second-order valence-electron chi connectivity index (χ2n) is 8.36.